The first-order chi connectivity index (χ1) is 9.49. The number of carbonyl (C=O) groups is 1. The number of benzene rings is 1. The molecule has 1 aromatic rings. The summed E-state index contributed by atoms with van der Waals surface area (Å²) in [7, 11) is 0. The summed E-state index contributed by atoms with van der Waals surface area (Å²) < 4.78 is 0. The molecule has 0 aliphatic carbocycles. The second kappa shape index (κ2) is 7.81. The highest BCUT2D eigenvalue weighted by Crippen LogP contribution is 2.26. The fourth-order valence-corrected chi connectivity index (χ4v) is 2.90. The van der Waals surface area contributed by atoms with Crippen LogP contribution in [0.15, 0.2) is 24.3 Å². The van der Waals surface area contributed by atoms with E-state index in [0.29, 0.717) is 5.92 Å². The summed E-state index contributed by atoms with van der Waals surface area (Å²) in [6, 6.07) is 7.41. The van der Waals surface area contributed by atoms with Crippen molar-refractivity contribution in [3.8, 4) is 0 Å². The lowest BCUT2D eigenvalue weighted by molar-refractivity contribution is -0.134. The van der Waals surface area contributed by atoms with Crippen LogP contribution in [0, 0.1) is 18.8 Å². The van der Waals surface area contributed by atoms with Crippen LogP contribution in [0.4, 0.5) is 0 Å². The van der Waals surface area contributed by atoms with E-state index >= 15 is 0 Å². The number of rotatable bonds is 3. The number of hydrogen-bond acceptors (Lipinski definition) is 2. The summed E-state index contributed by atoms with van der Waals surface area (Å²) in [4.78, 5) is 14.4. The van der Waals surface area contributed by atoms with Crippen molar-refractivity contribution in [3.63, 3.8) is 0 Å². The molecule has 4 heteroatoms. The molecule has 0 aromatic heterocycles. The highest BCUT2D eigenvalue weighted by atomic mass is 35.5. The van der Waals surface area contributed by atoms with Gasteiger partial charge in [0.2, 0.25) is 5.91 Å². The molecule has 1 saturated heterocycles. The van der Waals surface area contributed by atoms with Gasteiger partial charge < -0.3 is 10.6 Å². The molecule has 2 rings (SSSR count). The van der Waals surface area contributed by atoms with Crippen LogP contribution in [-0.2, 0) is 4.79 Å². The number of aryl methyl sites for hydroxylation is 1. The number of hydrogen-bond donors (Lipinski definition) is 1. The number of carbonyl (C=O) groups excluding carboxylic acids is 1. The molecule has 0 saturated carbocycles. The van der Waals surface area contributed by atoms with Crippen LogP contribution >= 0.6 is 12.4 Å². The minimum atomic E-state index is -0.522. The van der Waals surface area contributed by atoms with Crippen LogP contribution in [0.2, 0.25) is 0 Å². The zero-order chi connectivity index (χ0) is 14.7. The zero-order valence-electron chi connectivity index (χ0n) is 13.2. The van der Waals surface area contributed by atoms with Gasteiger partial charge >= 0.3 is 0 Å². The van der Waals surface area contributed by atoms with Gasteiger partial charge in [-0.05, 0) is 37.2 Å². The Labute approximate surface area is 134 Å². The summed E-state index contributed by atoms with van der Waals surface area (Å²) in [5, 5.41) is 0. The average Bonchev–Trinajstić information content (AvgIpc) is 2.46. The van der Waals surface area contributed by atoms with Gasteiger partial charge in [-0.25, -0.2) is 0 Å². The van der Waals surface area contributed by atoms with Gasteiger partial charge in [0.1, 0.15) is 6.04 Å². The second-order valence-electron chi connectivity index (χ2n) is 6.30. The van der Waals surface area contributed by atoms with E-state index in [-0.39, 0.29) is 18.3 Å². The maximum Gasteiger partial charge on any atom is 0.244 e. The third kappa shape index (κ3) is 4.45. The van der Waals surface area contributed by atoms with Crippen molar-refractivity contribution in [2.75, 3.05) is 13.1 Å². The Hall–Kier alpha value is -1.06. The molecule has 1 heterocycles. The van der Waals surface area contributed by atoms with E-state index in [1.165, 1.54) is 5.56 Å². The van der Waals surface area contributed by atoms with E-state index in [9.17, 15) is 4.79 Å². The molecule has 1 unspecified atom stereocenters. The molecule has 2 N–H and O–H groups in total. The van der Waals surface area contributed by atoms with Crippen LogP contribution in [0.3, 0.4) is 0 Å². The first-order valence-corrected chi connectivity index (χ1v) is 7.60. The maximum absolute atomic E-state index is 12.5. The van der Waals surface area contributed by atoms with Gasteiger partial charge in [-0.1, -0.05) is 43.7 Å². The Bertz CT molecular complexity index is 450. The number of amides is 1. The molecule has 1 atom stereocenters. The van der Waals surface area contributed by atoms with E-state index in [0.717, 1.165) is 37.4 Å². The average molecular weight is 311 g/mol. The van der Waals surface area contributed by atoms with E-state index < -0.39 is 6.04 Å². The van der Waals surface area contributed by atoms with E-state index in [2.05, 4.69) is 13.8 Å². The van der Waals surface area contributed by atoms with Crippen molar-refractivity contribution in [1.82, 2.24) is 4.90 Å². The third-order valence-corrected chi connectivity index (χ3v) is 4.50. The highest BCUT2D eigenvalue weighted by molar-refractivity contribution is 5.85. The quantitative estimate of drug-likeness (QED) is 0.931. The monoisotopic (exact) mass is 310 g/mol. The van der Waals surface area contributed by atoms with Gasteiger partial charge in [0.05, 0.1) is 0 Å². The number of nitrogens with two attached hydrogens (primary N) is 1. The fourth-order valence-electron chi connectivity index (χ4n) is 2.90. The summed E-state index contributed by atoms with van der Waals surface area (Å²) in [5.41, 5.74) is 8.22. The van der Waals surface area contributed by atoms with Gasteiger partial charge in [0.15, 0.2) is 0 Å². The largest absolute Gasteiger partial charge is 0.341 e. The molecule has 118 valence electrons. The molecule has 3 nitrogen and oxygen atoms in total. The van der Waals surface area contributed by atoms with E-state index in [1.54, 1.807) is 0 Å². The molecular formula is C17H27ClN2O. The molecule has 21 heavy (non-hydrogen) atoms. The van der Waals surface area contributed by atoms with Gasteiger partial charge in [0.25, 0.3) is 0 Å². The maximum atomic E-state index is 12.5. The smallest absolute Gasteiger partial charge is 0.244 e. The van der Waals surface area contributed by atoms with Crippen molar-refractivity contribution in [2.45, 2.75) is 39.7 Å². The number of piperidine rings is 1. The van der Waals surface area contributed by atoms with Crippen LogP contribution in [0.25, 0.3) is 0 Å². The number of halogens is 1. The van der Waals surface area contributed by atoms with Crippen molar-refractivity contribution < 1.29 is 4.79 Å². The molecular weight excluding hydrogens is 284 g/mol. The Morgan fingerprint density at radius 2 is 1.71 bits per heavy atom. The first-order valence-electron chi connectivity index (χ1n) is 7.60. The highest BCUT2D eigenvalue weighted by Gasteiger charge is 2.28. The topological polar surface area (TPSA) is 46.3 Å². The minimum Gasteiger partial charge on any atom is -0.341 e. The van der Waals surface area contributed by atoms with Crippen LogP contribution in [-0.4, -0.2) is 23.9 Å². The Morgan fingerprint density at radius 1 is 1.19 bits per heavy atom. The molecule has 0 spiro atoms. The zero-order valence-corrected chi connectivity index (χ0v) is 14.0. The van der Waals surface area contributed by atoms with Crippen LogP contribution in [0.1, 0.15) is 43.9 Å². The number of likely N-dealkylation sites (tertiary alicyclic amines) is 1. The lowest BCUT2D eigenvalue weighted by atomic mass is 9.86. The minimum absolute atomic E-state index is 0. The molecule has 1 amide bonds. The lowest BCUT2D eigenvalue weighted by Gasteiger charge is -2.35. The molecule has 1 aliphatic rings. The molecule has 1 aliphatic heterocycles. The van der Waals surface area contributed by atoms with Crippen molar-refractivity contribution in [2.24, 2.45) is 17.6 Å². The van der Waals surface area contributed by atoms with Crippen LogP contribution in [0.5, 0.6) is 0 Å². The second-order valence-corrected chi connectivity index (χ2v) is 6.30. The molecule has 0 radical (unpaired) electrons. The van der Waals surface area contributed by atoms with Gasteiger partial charge in [-0.2, -0.15) is 0 Å². The van der Waals surface area contributed by atoms with E-state index in [4.69, 9.17) is 5.73 Å². The van der Waals surface area contributed by atoms with Crippen LogP contribution < -0.4 is 5.73 Å². The van der Waals surface area contributed by atoms with Gasteiger partial charge in [0, 0.05) is 13.1 Å². The van der Waals surface area contributed by atoms with Crippen molar-refractivity contribution in [1.29, 1.82) is 0 Å². The number of nitrogens with zero attached hydrogens (tertiary/aromatic N) is 1. The van der Waals surface area contributed by atoms with E-state index in [1.807, 2.05) is 36.1 Å². The molecule has 0 bridgehead atoms. The Balaban J connectivity index is 0.00000220. The summed E-state index contributed by atoms with van der Waals surface area (Å²) >= 11 is 0. The van der Waals surface area contributed by atoms with Gasteiger partial charge in [-0.15, -0.1) is 12.4 Å². The summed E-state index contributed by atoms with van der Waals surface area (Å²) in [5.74, 6) is 1.52. The van der Waals surface area contributed by atoms with Crippen molar-refractivity contribution in [3.05, 3.63) is 35.4 Å². The summed E-state index contributed by atoms with van der Waals surface area (Å²) in [6.45, 7) is 8.26. The SMILES string of the molecule is Cc1ccc(C(N)C(=O)N2CCC(C(C)C)CC2)cc1.Cl. The van der Waals surface area contributed by atoms with Crippen molar-refractivity contribution >= 4 is 18.3 Å². The Morgan fingerprint density at radius 3 is 2.19 bits per heavy atom. The Kier molecular flexibility index (Phi) is 6.69. The standard InChI is InChI=1S/C17H26N2O.ClH/c1-12(2)14-8-10-19(11-9-14)17(20)16(18)15-6-4-13(3)5-7-15;/h4-7,12,14,16H,8-11,18H2,1-3H3;1H. The molecule has 1 fully saturated rings. The van der Waals surface area contributed by atoms with Gasteiger partial charge in [-0.3, -0.25) is 4.79 Å². The first kappa shape index (κ1) is 18.0. The predicted molar refractivity (Wildman–Crippen MR) is 89.5 cm³/mol. The summed E-state index contributed by atoms with van der Waals surface area (Å²) in [6.07, 6.45) is 2.20. The lowest BCUT2D eigenvalue weighted by Crippen LogP contribution is -2.43. The predicted octanol–water partition coefficient (Wildman–Crippen LogP) is 3.31. The fraction of sp³-hybridized carbons (Fsp3) is 0.588. The molecule has 1 aromatic carbocycles. The normalized spacial score (nSPS) is 17.5. The third-order valence-electron chi connectivity index (χ3n) is 4.50.